The molecule has 0 spiro atoms. The van der Waals surface area contributed by atoms with Crippen LogP contribution < -0.4 is 0 Å². The number of carboxylic acid groups (broad SMARTS) is 1. The number of ether oxygens (including phenoxy) is 2. The van der Waals surface area contributed by atoms with Crippen molar-refractivity contribution < 1.29 is 29.6 Å². The van der Waals surface area contributed by atoms with Crippen molar-refractivity contribution >= 4 is 5.97 Å². The molecule has 1 aliphatic carbocycles. The number of hydrogen-bond donors (Lipinski definition) is 3. The van der Waals surface area contributed by atoms with Crippen molar-refractivity contribution in [3.63, 3.8) is 0 Å². The lowest BCUT2D eigenvalue weighted by Gasteiger charge is -2.38. The van der Waals surface area contributed by atoms with Gasteiger partial charge in [-0.3, -0.25) is 4.79 Å². The smallest absolute Gasteiger partial charge is 0.300 e. The Morgan fingerprint density at radius 1 is 1.12 bits per heavy atom. The van der Waals surface area contributed by atoms with E-state index in [9.17, 15) is 10.2 Å². The molecule has 0 aliphatic heterocycles. The fraction of sp³-hybridized carbons (Fsp3) is 0.500. The van der Waals surface area contributed by atoms with Gasteiger partial charge in [-0.2, -0.15) is 0 Å². The highest BCUT2D eigenvalue weighted by Crippen LogP contribution is 2.30. The van der Waals surface area contributed by atoms with Gasteiger partial charge in [0.2, 0.25) is 11.6 Å². The summed E-state index contributed by atoms with van der Waals surface area (Å²) in [6, 6.07) is 0. The van der Waals surface area contributed by atoms with Crippen molar-refractivity contribution in [3.8, 4) is 0 Å². The lowest BCUT2D eigenvalue weighted by molar-refractivity contribution is -0.328. The standard InChI is InChI=1S/C8H12O4.C2H4O2/c1-11-8(12-2)6-4-3-5-7(8,9)10;1-2(3)4/h3-6,9-10H,1-2H3;1H3,(H,3,4). The van der Waals surface area contributed by atoms with E-state index in [1.165, 1.54) is 32.4 Å². The van der Waals surface area contributed by atoms with Gasteiger partial charge in [0.05, 0.1) is 0 Å². The summed E-state index contributed by atoms with van der Waals surface area (Å²) in [6.07, 6.45) is 5.76. The van der Waals surface area contributed by atoms with Gasteiger partial charge in [0.15, 0.2) is 0 Å². The molecule has 0 amide bonds. The van der Waals surface area contributed by atoms with Crippen LogP contribution in [0.4, 0.5) is 0 Å². The Labute approximate surface area is 93.4 Å². The second kappa shape index (κ2) is 5.76. The fourth-order valence-electron chi connectivity index (χ4n) is 1.13. The molecule has 1 rings (SSSR count). The molecule has 0 fully saturated rings. The van der Waals surface area contributed by atoms with Gasteiger partial charge >= 0.3 is 0 Å². The normalized spacial score (nSPS) is 19.8. The van der Waals surface area contributed by atoms with E-state index in [-0.39, 0.29) is 0 Å². The van der Waals surface area contributed by atoms with Crippen LogP contribution in [0.15, 0.2) is 24.3 Å². The Bertz CT molecular complexity index is 284. The van der Waals surface area contributed by atoms with Crippen LogP contribution in [0.1, 0.15) is 6.92 Å². The molecule has 0 aromatic carbocycles. The zero-order valence-electron chi connectivity index (χ0n) is 9.38. The summed E-state index contributed by atoms with van der Waals surface area (Å²) in [4.78, 5) is 9.00. The molecule has 6 heteroatoms. The first-order valence-electron chi connectivity index (χ1n) is 4.43. The van der Waals surface area contributed by atoms with E-state index in [0.717, 1.165) is 6.92 Å². The average Bonchev–Trinajstić information content (AvgIpc) is 2.17. The van der Waals surface area contributed by atoms with Gasteiger partial charge in [-0.15, -0.1) is 0 Å². The number of aliphatic carboxylic acids is 1. The van der Waals surface area contributed by atoms with E-state index in [2.05, 4.69) is 0 Å². The van der Waals surface area contributed by atoms with Gasteiger partial charge in [-0.05, 0) is 12.2 Å². The molecule has 16 heavy (non-hydrogen) atoms. The SMILES string of the molecule is CC(=O)O.COC1(OC)C=CC=CC1(O)O. The predicted octanol–water partition coefficient (Wildman–Crippen LogP) is -0.127. The number of carboxylic acids is 1. The van der Waals surface area contributed by atoms with Crippen molar-refractivity contribution in [1.29, 1.82) is 0 Å². The minimum Gasteiger partial charge on any atom is -0.481 e. The molecule has 0 atom stereocenters. The van der Waals surface area contributed by atoms with Gasteiger partial charge in [0, 0.05) is 21.1 Å². The summed E-state index contributed by atoms with van der Waals surface area (Å²) < 4.78 is 9.77. The first-order chi connectivity index (χ1) is 7.31. The van der Waals surface area contributed by atoms with Crippen LogP contribution >= 0.6 is 0 Å². The molecule has 0 aromatic rings. The van der Waals surface area contributed by atoms with Crippen LogP contribution in [0.3, 0.4) is 0 Å². The highest BCUT2D eigenvalue weighted by Gasteiger charge is 2.48. The first kappa shape index (κ1) is 14.8. The summed E-state index contributed by atoms with van der Waals surface area (Å²) in [6.45, 7) is 1.08. The third-order valence-corrected chi connectivity index (χ3v) is 1.87. The lowest BCUT2D eigenvalue weighted by Crippen LogP contribution is -2.55. The number of hydrogen-bond acceptors (Lipinski definition) is 5. The average molecular weight is 232 g/mol. The third kappa shape index (κ3) is 3.42. The minimum atomic E-state index is -2.12. The second-order valence-corrected chi connectivity index (χ2v) is 3.04. The maximum absolute atomic E-state index is 9.45. The number of aliphatic hydroxyl groups is 2. The molecule has 0 radical (unpaired) electrons. The molecular weight excluding hydrogens is 216 g/mol. The van der Waals surface area contributed by atoms with E-state index >= 15 is 0 Å². The van der Waals surface area contributed by atoms with E-state index < -0.39 is 17.5 Å². The van der Waals surface area contributed by atoms with Crippen LogP contribution in [0.5, 0.6) is 0 Å². The maximum Gasteiger partial charge on any atom is 0.300 e. The maximum atomic E-state index is 9.45. The monoisotopic (exact) mass is 232 g/mol. The predicted molar refractivity (Wildman–Crippen MR) is 55.5 cm³/mol. The third-order valence-electron chi connectivity index (χ3n) is 1.87. The van der Waals surface area contributed by atoms with Crippen LogP contribution in [-0.4, -0.2) is 47.1 Å². The van der Waals surface area contributed by atoms with Crippen LogP contribution in [0.25, 0.3) is 0 Å². The van der Waals surface area contributed by atoms with Gasteiger partial charge in [-0.25, -0.2) is 0 Å². The summed E-state index contributed by atoms with van der Waals surface area (Å²) in [5.41, 5.74) is 0. The van der Waals surface area contributed by atoms with Gasteiger partial charge < -0.3 is 24.8 Å². The molecule has 0 unspecified atom stereocenters. The molecule has 3 N–H and O–H groups in total. The van der Waals surface area contributed by atoms with Gasteiger partial charge in [0.25, 0.3) is 5.97 Å². The molecule has 0 aromatic heterocycles. The van der Waals surface area contributed by atoms with Gasteiger partial charge in [-0.1, -0.05) is 12.2 Å². The van der Waals surface area contributed by atoms with Crippen molar-refractivity contribution in [2.75, 3.05) is 14.2 Å². The highest BCUT2D eigenvalue weighted by atomic mass is 16.7. The molecule has 0 saturated carbocycles. The Morgan fingerprint density at radius 2 is 1.50 bits per heavy atom. The Kier molecular flexibility index (Phi) is 5.32. The molecule has 92 valence electrons. The quantitative estimate of drug-likeness (QED) is 0.574. The fourth-order valence-corrected chi connectivity index (χ4v) is 1.13. The molecule has 6 nitrogen and oxygen atoms in total. The molecule has 1 aliphatic rings. The topological polar surface area (TPSA) is 96.2 Å². The lowest BCUT2D eigenvalue weighted by atomic mass is 10.0. The Morgan fingerprint density at radius 3 is 1.75 bits per heavy atom. The summed E-state index contributed by atoms with van der Waals surface area (Å²) >= 11 is 0. The van der Waals surface area contributed by atoms with Gasteiger partial charge in [0.1, 0.15) is 0 Å². The van der Waals surface area contributed by atoms with E-state index in [1.807, 2.05) is 0 Å². The molecule has 0 bridgehead atoms. The van der Waals surface area contributed by atoms with Crippen molar-refractivity contribution in [3.05, 3.63) is 24.3 Å². The number of carbonyl (C=O) groups is 1. The Hall–Kier alpha value is -1.21. The highest BCUT2D eigenvalue weighted by molar-refractivity contribution is 5.62. The summed E-state index contributed by atoms with van der Waals surface area (Å²) in [7, 11) is 2.68. The number of allylic oxidation sites excluding steroid dienone is 2. The number of rotatable bonds is 2. The summed E-state index contributed by atoms with van der Waals surface area (Å²) in [5.74, 6) is -4.45. The van der Waals surface area contributed by atoms with Crippen LogP contribution in [-0.2, 0) is 14.3 Å². The summed E-state index contributed by atoms with van der Waals surface area (Å²) in [5, 5.41) is 26.3. The first-order valence-corrected chi connectivity index (χ1v) is 4.43. The van der Waals surface area contributed by atoms with Crippen molar-refractivity contribution in [2.45, 2.75) is 18.5 Å². The zero-order valence-corrected chi connectivity index (χ0v) is 9.38. The second-order valence-electron chi connectivity index (χ2n) is 3.04. The molecule has 0 saturated heterocycles. The van der Waals surface area contributed by atoms with Crippen LogP contribution in [0, 0.1) is 0 Å². The van der Waals surface area contributed by atoms with Crippen LogP contribution in [0.2, 0.25) is 0 Å². The zero-order chi connectivity index (χ0) is 12.8. The Balaban J connectivity index is 0.000000487. The van der Waals surface area contributed by atoms with E-state index in [1.54, 1.807) is 6.08 Å². The minimum absolute atomic E-state index is 0.833. The van der Waals surface area contributed by atoms with Crippen molar-refractivity contribution in [1.82, 2.24) is 0 Å². The largest absolute Gasteiger partial charge is 0.481 e. The van der Waals surface area contributed by atoms with Crippen molar-refractivity contribution in [2.24, 2.45) is 0 Å². The molecule has 0 heterocycles. The number of methoxy groups -OCH3 is 2. The van der Waals surface area contributed by atoms with E-state index in [4.69, 9.17) is 19.4 Å². The van der Waals surface area contributed by atoms with E-state index in [0.29, 0.717) is 0 Å². The molecular formula is C10H16O6.